The van der Waals surface area contributed by atoms with Crippen molar-refractivity contribution in [2.24, 2.45) is 0 Å². The Morgan fingerprint density at radius 3 is 2.65 bits per heavy atom. The minimum atomic E-state index is -0.154. The van der Waals surface area contributed by atoms with Crippen molar-refractivity contribution in [3.8, 4) is 5.75 Å². The predicted octanol–water partition coefficient (Wildman–Crippen LogP) is 2.58. The Morgan fingerprint density at radius 2 is 2.04 bits per heavy atom. The average molecular weight is 360 g/mol. The second-order valence-corrected chi connectivity index (χ2v) is 6.95. The summed E-state index contributed by atoms with van der Waals surface area (Å²) < 4.78 is 5.09. The van der Waals surface area contributed by atoms with E-state index < -0.39 is 0 Å². The van der Waals surface area contributed by atoms with Gasteiger partial charge in [-0.3, -0.25) is 4.79 Å². The number of quaternary nitrogens is 1. The highest BCUT2D eigenvalue weighted by molar-refractivity contribution is 6.37. The fourth-order valence-corrected chi connectivity index (χ4v) is 3.77. The van der Waals surface area contributed by atoms with Crippen molar-refractivity contribution in [2.75, 3.05) is 26.7 Å². The van der Waals surface area contributed by atoms with E-state index in [-0.39, 0.29) is 5.91 Å². The molecule has 1 aromatic carbocycles. The number of nitrogens with one attached hydrogen (secondary N) is 2. The minimum Gasteiger partial charge on any atom is -0.494 e. The van der Waals surface area contributed by atoms with E-state index in [1.54, 1.807) is 17.0 Å². The molecule has 0 aromatic heterocycles. The average Bonchev–Trinajstić information content (AvgIpc) is 2.52. The van der Waals surface area contributed by atoms with Crippen molar-refractivity contribution in [1.29, 1.82) is 0 Å². The number of rotatable bonds is 6. The fraction of sp³-hybridized carbons (Fsp3) is 0.588. The molecule has 2 atom stereocenters. The molecule has 1 aromatic rings. The first-order chi connectivity index (χ1) is 11.0. The van der Waals surface area contributed by atoms with Crippen molar-refractivity contribution in [3.05, 3.63) is 27.7 Å². The highest BCUT2D eigenvalue weighted by atomic mass is 35.5. The van der Waals surface area contributed by atoms with Crippen molar-refractivity contribution in [2.45, 2.75) is 38.6 Å². The summed E-state index contributed by atoms with van der Waals surface area (Å²) in [6.07, 6.45) is 4.95. The van der Waals surface area contributed by atoms with E-state index in [2.05, 4.69) is 12.2 Å². The number of methoxy groups -OCH3 is 1. The number of hydrogen-bond acceptors (Lipinski definition) is 2. The zero-order chi connectivity index (χ0) is 16.8. The summed E-state index contributed by atoms with van der Waals surface area (Å²) >= 11 is 12.1. The molecule has 1 aliphatic rings. The first-order valence-corrected chi connectivity index (χ1v) is 8.94. The Morgan fingerprint density at radius 1 is 1.35 bits per heavy atom. The number of ether oxygens (including phenoxy) is 1. The van der Waals surface area contributed by atoms with Gasteiger partial charge in [-0.2, -0.15) is 0 Å². The molecule has 1 fully saturated rings. The Hall–Kier alpha value is -0.970. The fourth-order valence-electron chi connectivity index (χ4n) is 3.13. The quantitative estimate of drug-likeness (QED) is 0.766. The molecule has 6 heteroatoms. The van der Waals surface area contributed by atoms with Gasteiger partial charge in [0.05, 0.1) is 36.3 Å². The highest BCUT2D eigenvalue weighted by Crippen LogP contribution is 2.33. The second kappa shape index (κ2) is 8.76. The molecule has 1 heterocycles. The molecule has 2 rings (SSSR count). The molecule has 128 valence electrons. The van der Waals surface area contributed by atoms with Crippen LogP contribution in [0.2, 0.25) is 10.0 Å². The molecule has 1 amide bonds. The standard InChI is InChI=1S/C17H24Cl2N2O2/c1-12-6-3-4-8-21(12)9-5-7-20-17(22)13-10-14(18)16(23-2)15(19)11-13/h10-12H,3-9H2,1-2H3,(H,20,22)/p+1/t12-/m1/s1. The summed E-state index contributed by atoms with van der Waals surface area (Å²) in [6.45, 7) is 5.33. The van der Waals surface area contributed by atoms with Gasteiger partial charge in [0.15, 0.2) is 5.75 Å². The van der Waals surface area contributed by atoms with Crippen LogP contribution in [0.5, 0.6) is 5.75 Å². The summed E-state index contributed by atoms with van der Waals surface area (Å²) in [5.74, 6) is 0.241. The van der Waals surface area contributed by atoms with Gasteiger partial charge in [-0.05, 0) is 38.3 Å². The molecule has 1 unspecified atom stereocenters. The lowest BCUT2D eigenvalue weighted by molar-refractivity contribution is -0.928. The summed E-state index contributed by atoms with van der Waals surface area (Å²) in [5, 5.41) is 3.62. The molecule has 0 bridgehead atoms. The van der Waals surface area contributed by atoms with Crippen LogP contribution in [0.3, 0.4) is 0 Å². The van der Waals surface area contributed by atoms with Crippen molar-refractivity contribution >= 4 is 29.1 Å². The van der Waals surface area contributed by atoms with E-state index in [0.717, 1.165) is 19.0 Å². The normalized spacial score (nSPS) is 21.0. The number of piperidine rings is 1. The summed E-state index contributed by atoms with van der Waals surface area (Å²) in [7, 11) is 1.50. The zero-order valence-electron chi connectivity index (χ0n) is 13.8. The Balaban J connectivity index is 1.81. The lowest BCUT2D eigenvalue weighted by Crippen LogP contribution is -3.16. The minimum absolute atomic E-state index is 0.154. The number of carbonyl (C=O) groups is 1. The topological polar surface area (TPSA) is 42.8 Å². The van der Waals surface area contributed by atoms with E-state index in [0.29, 0.717) is 27.9 Å². The van der Waals surface area contributed by atoms with Gasteiger partial charge in [-0.25, -0.2) is 0 Å². The number of benzene rings is 1. The third kappa shape index (κ3) is 5.00. The molecule has 0 spiro atoms. The van der Waals surface area contributed by atoms with E-state index in [4.69, 9.17) is 27.9 Å². The van der Waals surface area contributed by atoms with Crippen LogP contribution >= 0.6 is 23.2 Å². The maximum absolute atomic E-state index is 12.2. The maximum atomic E-state index is 12.2. The Labute approximate surface area is 148 Å². The summed E-state index contributed by atoms with van der Waals surface area (Å²) in [4.78, 5) is 13.8. The molecule has 1 aliphatic heterocycles. The van der Waals surface area contributed by atoms with Crippen LogP contribution in [-0.2, 0) is 0 Å². The van der Waals surface area contributed by atoms with Gasteiger partial charge in [-0.1, -0.05) is 23.2 Å². The Kier molecular flexibility index (Phi) is 7.00. The first kappa shape index (κ1) is 18.4. The van der Waals surface area contributed by atoms with Crippen molar-refractivity contribution in [1.82, 2.24) is 5.32 Å². The second-order valence-electron chi connectivity index (χ2n) is 6.14. The SMILES string of the molecule is COc1c(Cl)cc(C(=O)NCCC[NH+]2CCCC[C@H]2C)cc1Cl. The lowest BCUT2D eigenvalue weighted by Gasteiger charge is -2.30. The molecule has 23 heavy (non-hydrogen) atoms. The maximum Gasteiger partial charge on any atom is 0.251 e. The van der Waals surface area contributed by atoms with Crippen LogP contribution in [-0.4, -0.2) is 38.7 Å². The Bertz CT molecular complexity index is 528. The van der Waals surface area contributed by atoms with Crippen molar-refractivity contribution < 1.29 is 14.4 Å². The number of carbonyl (C=O) groups excluding carboxylic acids is 1. The lowest BCUT2D eigenvalue weighted by atomic mass is 10.0. The predicted molar refractivity (Wildman–Crippen MR) is 94.0 cm³/mol. The van der Waals surface area contributed by atoms with Gasteiger partial charge in [0, 0.05) is 18.5 Å². The number of amides is 1. The van der Waals surface area contributed by atoms with Gasteiger partial charge < -0.3 is 15.0 Å². The van der Waals surface area contributed by atoms with Gasteiger partial charge in [0.25, 0.3) is 5.91 Å². The number of hydrogen-bond donors (Lipinski definition) is 2. The van der Waals surface area contributed by atoms with E-state index >= 15 is 0 Å². The van der Waals surface area contributed by atoms with Gasteiger partial charge >= 0.3 is 0 Å². The van der Waals surface area contributed by atoms with Crippen LogP contribution < -0.4 is 15.0 Å². The van der Waals surface area contributed by atoms with E-state index in [1.807, 2.05) is 0 Å². The van der Waals surface area contributed by atoms with E-state index in [1.165, 1.54) is 32.9 Å². The third-order valence-electron chi connectivity index (χ3n) is 4.51. The molecule has 1 saturated heterocycles. The van der Waals surface area contributed by atoms with Crippen LogP contribution in [0.25, 0.3) is 0 Å². The smallest absolute Gasteiger partial charge is 0.251 e. The molecular weight excluding hydrogens is 335 g/mol. The van der Waals surface area contributed by atoms with Crippen LogP contribution in [0, 0.1) is 0 Å². The summed E-state index contributed by atoms with van der Waals surface area (Å²) in [6, 6.07) is 3.90. The third-order valence-corrected chi connectivity index (χ3v) is 5.07. The monoisotopic (exact) mass is 359 g/mol. The van der Waals surface area contributed by atoms with Gasteiger partial charge in [0.1, 0.15) is 0 Å². The van der Waals surface area contributed by atoms with Crippen LogP contribution in [0.4, 0.5) is 0 Å². The largest absolute Gasteiger partial charge is 0.494 e. The molecule has 4 nitrogen and oxygen atoms in total. The van der Waals surface area contributed by atoms with Gasteiger partial charge in [0.2, 0.25) is 0 Å². The van der Waals surface area contributed by atoms with Crippen molar-refractivity contribution in [3.63, 3.8) is 0 Å². The number of halogens is 2. The van der Waals surface area contributed by atoms with Gasteiger partial charge in [-0.15, -0.1) is 0 Å². The molecule has 0 saturated carbocycles. The molecule has 0 radical (unpaired) electrons. The summed E-state index contributed by atoms with van der Waals surface area (Å²) in [5.41, 5.74) is 0.458. The molecule has 2 N–H and O–H groups in total. The molecule has 0 aliphatic carbocycles. The molecular formula is C17H25Cl2N2O2+. The highest BCUT2D eigenvalue weighted by Gasteiger charge is 2.21. The van der Waals surface area contributed by atoms with Crippen LogP contribution in [0.15, 0.2) is 12.1 Å². The first-order valence-electron chi connectivity index (χ1n) is 8.18. The number of likely N-dealkylation sites (tertiary alicyclic amines) is 1. The van der Waals surface area contributed by atoms with E-state index in [9.17, 15) is 4.79 Å². The van der Waals surface area contributed by atoms with Crippen LogP contribution in [0.1, 0.15) is 43.0 Å². The zero-order valence-corrected chi connectivity index (χ0v) is 15.3.